The van der Waals surface area contributed by atoms with Crippen LogP contribution in [0.1, 0.15) is 0 Å². The summed E-state index contributed by atoms with van der Waals surface area (Å²) < 4.78 is 9.73. The van der Waals surface area contributed by atoms with Gasteiger partial charge in [0.1, 0.15) is 18.3 Å². The second kappa shape index (κ2) is 4.59. The molecule has 5 atom stereocenters. The van der Waals surface area contributed by atoms with Crippen LogP contribution in [-0.2, 0) is 9.47 Å². The van der Waals surface area contributed by atoms with Crippen LogP contribution >= 0.6 is 12.6 Å². The summed E-state index contributed by atoms with van der Waals surface area (Å²) in [6, 6.07) is 0. The van der Waals surface area contributed by atoms with E-state index < -0.39 is 30.7 Å². The summed E-state index contributed by atoms with van der Waals surface area (Å²) in [5.41, 5.74) is 0. The highest BCUT2D eigenvalue weighted by Crippen LogP contribution is 2.22. The van der Waals surface area contributed by atoms with E-state index in [0.717, 1.165) is 0 Å². The van der Waals surface area contributed by atoms with Gasteiger partial charge in [0, 0.05) is 12.9 Å². The van der Waals surface area contributed by atoms with Crippen LogP contribution in [0.15, 0.2) is 0 Å². The Morgan fingerprint density at radius 1 is 1.31 bits per heavy atom. The van der Waals surface area contributed by atoms with Gasteiger partial charge < -0.3 is 24.8 Å². The lowest BCUT2D eigenvalue weighted by Crippen LogP contribution is -2.58. The van der Waals surface area contributed by atoms with Gasteiger partial charge in [0.15, 0.2) is 6.29 Å². The highest BCUT2D eigenvalue weighted by molar-refractivity contribution is 7.80. The van der Waals surface area contributed by atoms with Crippen molar-refractivity contribution >= 4 is 12.6 Å². The van der Waals surface area contributed by atoms with Gasteiger partial charge in [-0.3, -0.25) is 0 Å². The molecule has 0 aromatic carbocycles. The molecule has 1 saturated heterocycles. The van der Waals surface area contributed by atoms with Crippen molar-refractivity contribution in [3.63, 3.8) is 0 Å². The Balaban J connectivity index is 2.66. The summed E-state index contributed by atoms with van der Waals surface area (Å²) >= 11 is 3.91. The Kier molecular flexibility index (Phi) is 3.96. The minimum Gasteiger partial charge on any atom is -0.388 e. The fourth-order valence-corrected chi connectivity index (χ4v) is 1.63. The molecule has 0 saturated carbocycles. The summed E-state index contributed by atoms with van der Waals surface area (Å²) in [6.45, 7) is 0. The first-order valence-corrected chi connectivity index (χ1v) is 4.58. The second-order valence-electron chi connectivity index (χ2n) is 2.93. The number of aliphatic hydroxyl groups is 3. The monoisotopic (exact) mass is 210 g/mol. The van der Waals surface area contributed by atoms with E-state index in [2.05, 4.69) is 12.6 Å². The lowest BCUT2D eigenvalue weighted by atomic mass is 10.00. The largest absolute Gasteiger partial charge is 0.388 e. The quantitative estimate of drug-likeness (QED) is 0.412. The molecule has 0 amide bonds. The maximum absolute atomic E-state index is 9.46. The topological polar surface area (TPSA) is 79.2 Å². The Labute approximate surface area is 81.7 Å². The van der Waals surface area contributed by atoms with Gasteiger partial charge in [0.05, 0.1) is 6.10 Å². The molecule has 1 fully saturated rings. The second-order valence-corrected chi connectivity index (χ2v) is 3.29. The Morgan fingerprint density at radius 2 is 1.92 bits per heavy atom. The van der Waals surface area contributed by atoms with E-state index in [9.17, 15) is 15.3 Å². The zero-order chi connectivity index (χ0) is 10.0. The van der Waals surface area contributed by atoms with E-state index in [1.54, 1.807) is 0 Å². The first-order valence-electron chi connectivity index (χ1n) is 3.95. The molecule has 0 aromatic rings. The smallest absolute Gasteiger partial charge is 0.184 e. The molecule has 0 radical (unpaired) electrons. The minimum atomic E-state index is -1.22. The number of rotatable bonds is 2. The molecule has 5 nitrogen and oxygen atoms in total. The van der Waals surface area contributed by atoms with E-state index in [1.165, 1.54) is 7.11 Å². The van der Waals surface area contributed by atoms with Crippen molar-refractivity contribution in [2.45, 2.75) is 30.7 Å². The predicted molar refractivity (Wildman–Crippen MR) is 47.5 cm³/mol. The molecule has 1 aliphatic heterocycles. The van der Waals surface area contributed by atoms with Crippen LogP contribution in [0.2, 0.25) is 0 Å². The van der Waals surface area contributed by atoms with Crippen LogP contribution < -0.4 is 0 Å². The third kappa shape index (κ3) is 2.15. The third-order valence-corrected chi connectivity index (χ3v) is 2.47. The van der Waals surface area contributed by atoms with Gasteiger partial charge in [-0.1, -0.05) is 0 Å². The summed E-state index contributed by atoms with van der Waals surface area (Å²) in [4.78, 5) is 0. The van der Waals surface area contributed by atoms with Crippen molar-refractivity contribution < 1.29 is 24.8 Å². The average molecular weight is 210 g/mol. The standard InChI is InChI=1S/C7H14O5S/c1-11-6-5(9)4(8)3(2-13)12-7(6)10/h3-10,13H,2H2,1H3. The van der Waals surface area contributed by atoms with Gasteiger partial charge in [-0.05, 0) is 0 Å². The van der Waals surface area contributed by atoms with Crippen LogP contribution in [0.4, 0.5) is 0 Å². The third-order valence-electron chi connectivity index (χ3n) is 2.11. The number of ether oxygens (including phenoxy) is 2. The van der Waals surface area contributed by atoms with E-state index in [1.807, 2.05) is 0 Å². The van der Waals surface area contributed by atoms with Gasteiger partial charge in [0.25, 0.3) is 0 Å². The van der Waals surface area contributed by atoms with E-state index in [0.29, 0.717) is 0 Å². The molecule has 1 heterocycles. The van der Waals surface area contributed by atoms with Gasteiger partial charge >= 0.3 is 0 Å². The Morgan fingerprint density at radius 3 is 2.38 bits per heavy atom. The fraction of sp³-hybridized carbons (Fsp3) is 1.00. The van der Waals surface area contributed by atoms with Crippen molar-refractivity contribution in [2.24, 2.45) is 0 Å². The average Bonchev–Trinajstić information content (AvgIpc) is 2.12. The highest BCUT2D eigenvalue weighted by atomic mass is 32.1. The first-order chi connectivity index (χ1) is 6.11. The molecule has 0 aromatic heterocycles. The number of thiol groups is 1. The lowest BCUT2D eigenvalue weighted by Gasteiger charge is -2.39. The number of hydrogen-bond acceptors (Lipinski definition) is 6. The zero-order valence-corrected chi connectivity index (χ0v) is 8.09. The minimum absolute atomic E-state index is 0.228. The molecule has 5 unspecified atom stereocenters. The van der Waals surface area contributed by atoms with Crippen molar-refractivity contribution in [1.82, 2.24) is 0 Å². The van der Waals surface area contributed by atoms with Crippen LogP contribution in [0.5, 0.6) is 0 Å². The maximum atomic E-state index is 9.46. The SMILES string of the molecule is COC1C(O)OC(CS)C(O)C1O. The molecular formula is C7H14O5S. The van der Waals surface area contributed by atoms with Crippen molar-refractivity contribution in [1.29, 1.82) is 0 Å². The van der Waals surface area contributed by atoms with E-state index in [-0.39, 0.29) is 5.75 Å². The molecular weight excluding hydrogens is 196 g/mol. The van der Waals surface area contributed by atoms with E-state index >= 15 is 0 Å². The maximum Gasteiger partial charge on any atom is 0.184 e. The van der Waals surface area contributed by atoms with Gasteiger partial charge in [-0.15, -0.1) is 0 Å². The van der Waals surface area contributed by atoms with E-state index in [4.69, 9.17) is 9.47 Å². The summed E-state index contributed by atoms with van der Waals surface area (Å²) in [7, 11) is 1.33. The fourth-order valence-electron chi connectivity index (χ4n) is 1.33. The molecule has 1 aliphatic rings. The van der Waals surface area contributed by atoms with Crippen molar-refractivity contribution in [2.75, 3.05) is 12.9 Å². The summed E-state index contributed by atoms with van der Waals surface area (Å²) in [5.74, 6) is 0.228. The van der Waals surface area contributed by atoms with Gasteiger partial charge in [-0.25, -0.2) is 0 Å². The molecule has 0 aliphatic carbocycles. The predicted octanol–water partition coefficient (Wildman–Crippen LogP) is -1.63. The lowest BCUT2D eigenvalue weighted by molar-refractivity contribution is -0.282. The van der Waals surface area contributed by atoms with Crippen LogP contribution in [0, 0.1) is 0 Å². The normalized spacial score (nSPS) is 46.4. The Bertz CT molecular complexity index is 167. The highest BCUT2D eigenvalue weighted by Gasteiger charge is 2.43. The van der Waals surface area contributed by atoms with Gasteiger partial charge in [0.2, 0.25) is 0 Å². The first kappa shape index (κ1) is 11.2. The van der Waals surface area contributed by atoms with Gasteiger partial charge in [-0.2, -0.15) is 12.6 Å². The van der Waals surface area contributed by atoms with Crippen LogP contribution in [0.3, 0.4) is 0 Å². The molecule has 6 heteroatoms. The van der Waals surface area contributed by atoms with Crippen LogP contribution in [0.25, 0.3) is 0 Å². The number of methoxy groups -OCH3 is 1. The Hall–Kier alpha value is 0.150. The number of aliphatic hydroxyl groups excluding tert-OH is 3. The summed E-state index contributed by atoms with van der Waals surface area (Å²) in [6.07, 6.45) is -5.02. The molecule has 13 heavy (non-hydrogen) atoms. The zero-order valence-electron chi connectivity index (χ0n) is 7.20. The van der Waals surface area contributed by atoms with Crippen LogP contribution in [-0.4, -0.2) is 58.9 Å². The van der Waals surface area contributed by atoms with Crippen molar-refractivity contribution in [3.05, 3.63) is 0 Å². The molecule has 3 N–H and O–H groups in total. The summed E-state index contributed by atoms with van der Waals surface area (Å²) in [5, 5.41) is 28.2. The number of hydrogen-bond donors (Lipinski definition) is 4. The molecule has 78 valence electrons. The van der Waals surface area contributed by atoms with Crippen molar-refractivity contribution in [3.8, 4) is 0 Å². The molecule has 0 bridgehead atoms. The molecule has 0 spiro atoms. The molecule has 1 rings (SSSR count).